The number of sulfone groups is 1. The summed E-state index contributed by atoms with van der Waals surface area (Å²) in [5.41, 5.74) is 1.87. The minimum atomic E-state index is -4.03. The van der Waals surface area contributed by atoms with Gasteiger partial charge in [0.15, 0.2) is 9.84 Å². The number of anilines is 2. The molecule has 2 aromatic carbocycles. The molecule has 8 heteroatoms. The molecule has 31 heavy (non-hydrogen) atoms. The van der Waals surface area contributed by atoms with E-state index in [1.807, 2.05) is 32.9 Å². The number of hydrogen-bond donors (Lipinski definition) is 2. The van der Waals surface area contributed by atoms with Crippen LogP contribution < -0.4 is 15.4 Å². The van der Waals surface area contributed by atoms with Crippen molar-refractivity contribution in [2.45, 2.75) is 45.3 Å². The highest BCUT2D eigenvalue weighted by atomic mass is 32.2. The largest absolute Gasteiger partial charge is 0.492 e. The smallest absolute Gasteiger partial charge is 0.242 e. The first-order valence-electron chi connectivity index (χ1n) is 10.3. The minimum absolute atomic E-state index is 0.0564. The molecule has 0 aliphatic rings. The van der Waals surface area contributed by atoms with Gasteiger partial charge in [-0.1, -0.05) is 51.1 Å². The molecule has 0 spiro atoms. The molecule has 168 valence electrons. The third kappa shape index (κ3) is 6.55. The second-order valence-corrected chi connectivity index (χ2v) is 9.60. The topological polar surface area (TPSA) is 102 Å². The van der Waals surface area contributed by atoms with Crippen molar-refractivity contribution in [1.82, 2.24) is 0 Å². The predicted molar refractivity (Wildman–Crippen MR) is 123 cm³/mol. The van der Waals surface area contributed by atoms with Gasteiger partial charge in [0.1, 0.15) is 16.8 Å². The highest BCUT2D eigenvalue weighted by Gasteiger charge is 2.33. The monoisotopic (exact) mass is 446 g/mol. The molecule has 0 radical (unpaired) electrons. The molecule has 0 saturated carbocycles. The SMILES string of the molecule is CCOc1ccccc1NC(=O)CS(=O)(=O)C(CC)C(=O)Nc1ccccc1C(C)C. The summed E-state index contributed by atoms with van der Waals surface area (Å²) in [4.78, 5) is 25.3. The van der Waals surface area contributed by atoms with Crippen molar-refractivity contribution in [2.24, 2.45) is 0 Å². The van der Waals surface area contributed by atoms with E-state index in [4.69, 9.17) is 4.74 Å². The van der Waals surface area contributed by atoms with E-state index in [9.17, 15) is 18.0 Å². The zero-order chi connectivity index (χ0) is 23.0. The van der Waals surface area contributed by atoms with Gasteiger partial charge in [-0.3, -0.25) is 9.59 Å². The Kier molecular flexibility index (Phi) is 8.62. The van der Waals surface area contributed by atoms with Crippen molar-refractivity contribution in [3.05, 3.63) is 54.1 Å². The number of benzene rings is 2. The van der Waals surface area contributed by atoms with Crippen LogP contribution in [0.25, 0.3) is 0 Å². The Bertz CT molecular complexity index is 1020. The average Bonchev–Trinajstić information content (AvgIpc) is 2.69. The predicted octanol–water partition coefficient (Wildman–Crippen LogP) is 3.98. The molecule has 2 rings (SSSR count). The van der Waals surface area contributed by atoms with Gasteiger partial charge in [0.05, 0.1) is 12.3 Å². The van der Waals surface area contributed by atoms with Gasteiger partial charge in [0.2, 0.25) is 11.8 Å². The molecule has 7 nitrogen and oxygen atoms in total. The first kappa shape index (κ1) is 24.4. The average molecular weight is 447 g/mol. The number of ether oxygens (including phenoxy) is 1. The number of rotatable bonds is 10. The number of para-hydroxylation sites is 3. The van der Waals surface area contributed by atoms with E-state index in [0.717, 1.165) is 5.56 Å². The molecule has 0 saturated heterocycles. The molecule has 2 aromatic rings. The molecular weight excluding hydrogens is 416 g/mol. The van der Waals surface area contributed by atoms with Gasteiger partial charge in [0, 0.05) is 5.69 Å². The number of nitrogens with one attached hydrogen (secondary N) is 2. The molecule has 0 aromatic heterocycles. The van der Waals surface area contributed by atoms with E-state index in [0.29, 0.717) is 23.7 Å². The number of carbonyl (C=O) groups is 2. The van der Waals surface area contributed by atoms with Crippen molar-refractivity contribution in [2.75, 3.05) is 23.0 Å². The van der Waals surface area contributed by atoms with Crippen LogP contribution in [0, 0.1) is 0 Å². The summed E-state index contributed by atoms with van der Waals surface area (Å²) in [7, 11) is -4.03. The van der Waals surface area contributed by atoms with Gasteiger partial charge in [-0.25, -0.2) is 8.42 Å². The van der Waals surface area contributed by atoms with E-state index in [-0.39, 0.29) is 12.3 Å². The third-order valence-corrected chi connectivity index (χ3v) is 6.81. The van der Waals surface area contributed by atoms with Crippen molar-refractivity contribution in [3.63, 3.8) is 0 Å². The maximum Gasteiger partial charge on any atom is 0.242 e. The van der Waals surface area contributed by atoms with Crippen LogP contribution in [0.2, 0.25) is 0 Å². The molecule has 2 N–H and O–H groups in total. The Morgan fingerprint density at radius 1 is 0.935 bits per heavy atom. The number of carbonyl (C=O) groups excluding carboxylic acids is 2. The van der Waals surface area contributed by atoms with Gasteiger partial charge in [-0.15, -0.1) is 0 Å². The van der Waals surface area contributed by atoms with E-state index in [1.54, 1.807) is 43.3 Å². The van der Waals surface area contributed by atoms with Crippen LogP contribution in [0.5, 0.6) is 5.75 Å². The lowest BCUT2D eigenvalue weighted by Gasteiger charge is -2.19. The number of hydrogen-bond acceptors (Lipinski definition) is 5. The maximum atomic E-state index is 12.9. The quantitative estimate of drug-likeness (QED) is 0.575. The zero-order valence-electron chi connectivity index (χ0n) is 18.3. The summed E-state index contributed by atoms with van der Waals surface area (Å²) in [6.45, 7) is 7.80. The van der Waals surface area contributed by atoms with E-state index >= 15 is 0 Å². The molecule has 0 aliphatic carbocycles. The molecule has 2 amide bonds. The Labute approximate surface area is 184 Å². The van der Waals surface area contributed by atoms with Crippen molar-refractivity contribution < 1.29 is 22.7 Å². The molecule has 0 heterocycles. The van der Waals surface area contributed by atoms with Crippen LogP contribution in [0.1, 0.15) is 45.6 Å². The standard InChI is InChI=1S/C23H30N2O5S/c1-5-21(23(27)25-18-12-8-7-11-17(18)16(3)4)31(28,29)15-22(26)24-19-13-9-10-14-20(19)30-6-2/h7-14,16,21H,5-6,15H2,1-4H3,(H,24,26)(H,25,27). The minimum Gasteiger partial charge on any atom is -0.492 e. The fourth-order valence-electron chi connectivity index (χ4n) is 3.25. The zero-order valence-corrected chi connectivity index (χ0v) is 19.2. The van der Waals surface area contributed by atoms with Crippen LogP contribution in [0.3, 0.4) is 0 Å². The van der Waals surface area contributed by atoms with E-state index in [2.05, 4.69) is 10.6 Å². The maximum absolute atomic E-state index is 12.9. The van der Waals surface area contributed by atoms with Crippen LogP contribution >= 0.6 is 0 Å². The molecule has 0 fully saturated rings. The van der Waals surface area contributed by atoms with E-state index in [1.165, 1.54) is 0 Å². The third-order valence-electron chi connectivity index (χ3n) is 4.73. The fourth-order valence-corrected chi connectivity index (χ4v) is 4.78. The Morgan fingerprint density at radius 2 is 1.55 bits per heavy atom. The molecule has 0 aliphatic heterocycles. The summed E-state index contributed by atoms with van der Waals surface area (Å²) in [6.07, 6.45) is 0.0564. The molecular formula is C23H30N2O5S. The lowest BCUT2D eigenvalue weighted by molar-refractivity contribution is -0.115. The molecule has 1 unspecified atom stereocenters. The summed E-state index contributed by atoms with van der Waals surface area (Å²) in [6, 6.07) is 14.0. The van der Waals surface area contributed by atoms with Gasteiger partial charge < -0.3 is 15.4 Å². The summed E-state index contributed by atoms with van der Waals surface area (Å²) < 4.78 is 31.2. The van der Waals surface area contributed by atoms with Crippen molar-refractivity contribution >= 4 is 33.0 Å². The highest BCUT2D eigenvalue weighted by molar-refractivity contribution is 7.93. The van der Waals surface area contributed by atoms with Gasteiger partial charge in [0.25, 0.3) is 0 Å². The summed E-state index contributed by atoms with van der Waals surface area (Å²) >= 11 is 0. The molecule has 1 atom stereocenters. The fraction of sp³-hybridized carbons (Fsp3) is 0.391. The van der Waals surface area contributed by atoms with Crippen molar-refractivity contribution in [3.8, 4) is 5.75 Å². The second-order valence-electron chi connectivity index (χ2n) is 7.41. The van der Waals surface area contributed by atoms with Crippen LogP contribution in [-0.2, 0) is 19.4 Å². The van der Waals surface area contributed by atoms with Crippen LogP contribution in [-0.4, -0.2) is 37.8 Å². The molecule has 0 bridgehead atoms. The lowest BCUT2D eigenvalue weighted by atomic mass is 10.0. The van der Waals surface area contributed by atoms with Crippen molar-refractivity contribution in [1.29, 1.82) is 0 Å². The van der Waals surface area contributed by atoms with Gasteiger partial charge in [-0.05, 0) is 43.0 Å². The summed E-state index contributed by atoms with van der Waals surface area (Å²) in [5, 5.41) is 3.96. The van der Waals surface area contributed by atoms with E-state index < -0.39 is 32.7 Å². The second kappa shape index (κ2) is 10.9. The Morgan fingerprint density at radius 3 is 2.16 bits per heavy atom. The van der Waals surface area contributed by atoms with Gasteiger partial charge in [-0.2, -0.15) is 0 Å². The highest BCUT2D eigenvalue weighted by Crippen LogP contribution is 2.25. The number of amides is 2. The lowest BCUT2D eigenvalue weighted by Crippen LogP contribution is -2.39. The Hall–Kier alpha value is -2.87. The van der Waals surface area contributed by atoms with Crippen LogP contribution in [0.4, 0.5) is 11.4 Å². The first-order chi connectivity index (χ1) is 14.7. The Balaban J connectivity index is 2.14. The normalized spacial score (nSPS) is 12.3. The summed E-state index contributed by atoms with van der Waals surface area (Å²) in [5.74, 6) is -1.56. The van der Waals surface area contributed by atoms with Gasteiger partial charge >= 0.3 is 0 Å². The first-order valence-corrected chi connectivity index (χ1v) is 12.0. The van der Waals surface area contributed by atoms with Crippen LogP contribution in [0.15, 0.2) is 48.5 Å².